The van der Waals surface area contributed by atoms with Gasteiger partial charge in [-0.2, -0.15) is 0 Å². The predicted molar refractivity (Wildman–Crippen MR) is 136 cm³/mol. The third-order valence-corrected chi connectivity index (χ3v) is 6.56. The monoisotopic (exact) mass is 534 g/mol. The molecule has 0 saturated carbocycles. The molecule has 34 heavy (non-hydrogen) atoms. The van der Waals surface area contributed by atoms with Crippen molar-refractivity contribution in [2.24, 2.45) is 0 Å². The fourth-order valence-corrected chi connectivity index (χ4v) is 4.88. The summed E-state index contributed by atoms with van der Waals surface area (Å²) in [5, 5.41) is 4.03. The minimum Gasteiger partial charge on any atom is -0.345 e. The van der Waals surface area contributed by atoms with Crippen LogP contribution in [0.3, 0.4) is 0 Å². The standard InChI is InChI=1S/C23H17Cl3N4O3S/c1-13(16-7-5-14(24)11-18(16)26)29-23(31)17-8-6-15(25)12-21(17)30(34(32)33)20-4-2-3-19-22(20)28-10-9-27-19/h2-13H,1H3,(H,29,31)(H,32,33). The lowest BCUT2D eigenvalue weighted by molar-refractivity contribution is 0.0940. The molecule has 0 fully saturated rings. The number of aromatic nitrogens is 2. The smallest absolute Gasteiger partial charge is 0.266 e. The molecule has 4 rings (SSSR count). The fraction of sp³-hybridized carbons (Fsp3) is 0.0870. The minimum atomic E-state index is -2.56. The van der Waals surface area contributed by atoms with Gasteiger partial charge < -0.3 is 5.32 Å². The zero-order valence-corrected chi connectivity index (χ0v) is 20.7. The number of hydrogen-bond donors (Lipinski definition) is 2. The average Bonchev–Trinajstić information content (AvgIpc) is 2.79. The van der Waals surface area contributed by atoms with Crippen LogP contribution in [0.1, 0.15) is 28.9 Å². The molecule has 1 aromatic heterocycles. The van der Waals surface area contributed by atoms with Crippen LogP contribution in [0.25, 0.3) is 11.0 Å². The maximum Gasteiger partial charge on any atom is 0.266 e. The van der Waals surface area contributed by atoms with Crippen molar-refractivity contribution in [1.82, 2.24) is 15.3 Å². The van der Waals surface area contributed by atoms with Crippen LogP contribution < -0.4 is 9.62 Å². The zero-order chi connectivity index (χ0) is 24.4. The van der Waals surface area contributed by atoms with Gasteiger partial charge in [-0.15, -0.1) is 0 Å². The van der Waals surface area contributed by atoms with Gasteiger partial charge in [0.1, 0.15) is 5.52 Å². The Bertz CT molecular complexity index is 1410. The summed E-state index contributed by atoms with van der Waals surface area (Å²) >= 11 is 15.9. The molecule has 0 aliphatic rings. The molecule has 0 aliphatic heterocycles. The number of anilines is 2. The number of nitrogens with zero attached hydrogens (tertiary/aromatic N) is 3. The number of amides is 1. The third kappa shape index (κ3) is 5.01. The van der Waals surface area contributed by atoms with Crippen LogP contribution in [0.4, 0.5) is 11.4 Å². The van der Waals surface area contributed by atoms with E-state index in [1.165, 1.54) is 30.6 Å². The Morgan fingerprint density at radius 2 is 1.71 bits per heavy atom. The van der Waals surface area contributed by atoms with Crippen LogP contribution in [-0.4, -0.2) is 24.6 Å². The summed E-state index contributed by atoms with van der Waals surface area (Å²) in [6.45, 7) is 1.77. The van der Waals surface area contributed by atoms with Crippen molar-refractivity contribution in [2.45, 2.75) is 13.0 Å². The highest BCUT2D eigenvalue weighted by molar-refractivity contribution is 7.81. The Morgan fingerprint density at radius 1 is 1.00 bits per heavy atom. The van der Waals surface area contributed by atoms with Crippen molar-refractivity contribution in [3.63, 3.8) is 0 Å². The molecule has 0 saturated heterocycles. The molecule has 11 heteroatoms. The maximum absolute atomic E-state index is 13.3. The van der Waals surface area contributed by atoms with Gasteiger partial charge in [0.25, 0.3) is 17.2 Å². The van der Waals surface area contributed by atoms with E-state index in [4.69, 9.17) is 34.8 Å². The molecule has 0 radical (unpaired) electrons. The first-order chi connectivity index (χ1) is 16.3. The Hall–Kier alpha value is -2.75. The quantitative estimate of drug-likeness (QED) is 0.280. The van der Waals surface area contributed by atoms with E-state index in [-0.39, 0.29) is 22.0 Å². The SMILES string of the molecule is CC(NC(=O)c1ccc(Cl)cc1N(c1cccc2nccnc12)S(=O)O)c1ccc(Cl)cc1Cl. The lowest BCUT2D eigenvalue weighted by Crippen LogP contribution is -2.29. The molecule has 0 spiro atoms. The third-order valence-electron chi connectivity index (χ3n) is 5.05. The fourth-order valence-electron chi connectivity index (χ4n) is 3.51. The van der Waals surface area contributed by atoms with Gasteiger partial charge in [0.15, 0.2) is 0 Å². The van der Waals surface area contributed by atoms with Gasteiger partial charge >= 0.3 is 0 Å². The lowest BCUT2D eigenvalue weighted by atomic mass is 10.1. The van der Waals surface area contributed by atoms with Crippen molar-refractivity contribution >= 4 is 74.4 Å². The largest absolute Gasteiger partial charge is 0.345 e. The summed E-state index contributed by atoms with van der Waals surface area (Å²) in [5.74, 6) is -0.494. The second kappa shape index (κ2) is 10.2. The number of halogens is 3. The number of carbonyl (C=O) groups excluding carboxylic acids is 1. The van der Waals surface area contributed by atoms with Crippen LogP contribution in [0.2, 0.25) is 15.1 Å². The number of hydrogen-bond acceptors (Lipinski definition) is 4. The molecule has 4 aromatic rings. The minimum absolute atomic E-state index is 0.124. The number of carbonyl (C=O) groups is 1. The second-order valence-electron chi connectivity index (χ2n) is 7.25. The number of nitrogens with one attached hydrogen (secondary N) is 1. The van der Waals surface area contributed by atoms with E-state index >= 15 is 0 Å². The molecule has 1 amide bonds. The van der Waals surface area contributed by atoms with Crippen molar-refractivity contribution in [1.29, 1.82) is 0 Å². The van der Waals surface area contributed by atoms with Crippen LogP contribution in [0, 0.1) is 0 Å². The van der Waals surface area contributed by atoms with Gasteiger partial charge in [0.05, 0.1) is 28.5 Å². The van der Waals surface area contributed by atoms with E-state index in [1.54, 1.807) is 43.3 Å². The van der Waals surface area contributed by atoms with Gasteiger partial charge in [-0.25, -0.2) is 8.51 Å². The Labute approximate surface area is 213 Å². The highest BCUT2D eigenvalue weighted by Gasteiger charge is 2.26. The molecule has 3 aromatic carbocycles. The van der Waals surface area contributed by atoms with Gasteiger partial charge in [0, 0.05) is 27.5 Å². The summed E-state index contributed by atoms with van der Waals surface area (Å²) in [5.41, 5.74) is 2.12. The van der Waals surface area contributed by atoms with Crippen LogP contribution >= 0.6 is 34.8 Å². The van der Waals surface area contributed by atoms with E-state index in [1.807, 2.05) is 0 Å². The van der Waals surface area contributed by atoms with E-state index < -0.39 is 23.2 Å². The summed E-state index contributed by atoms with van der Waals surface area (Å²) < 4.78 is 23.9. The highest BCUT2D eigenvalue weighted by Crippen LogP contribution is 2.36. The maximum atomic E-state index is 13.3. The zero-order valence-electron chi connectivity index (χ0n) is 17.6. The molecule has 2 unspecified atom stereocenters. The summed E-state index contributed by atoms with van der Waals surface area (Å²) in [7, 11) is 0. The highest BCUT2D eigenvalue weighted by atomic mass is 35.5. The van der Waals surface area contributed by atoms with Gasteiger partial charge in [-0.05, 0) is 55.0 Å². The molecule has 0 bridgehead atoms. The molecule has 1 heterocycles. The summed E-state index contributed by atoms with van der Waals surface area (Å²) in [4.78, 5) is 21.8. The van der Waals surface area contributed by atoms with Gasteiger partial charge in [-0.3, -0.25) is 19.3 Å². The molecular weight excluding hydrogens is 519 g/mol. The topological polar surface area (TPSA) is 95.4 Å². The first-order valence-corrected chi connectivity index (χ1v) is 12.1. The summed E-state index contributed by atoms with van der Waals surface area (Å²) in [6, 6.07) is 14.0. The van der Waals surface area contributed by atoms with Crippen molar-refractivity contribution in [3.8, 4) is 0 Å². The van der Waals surface area contributed by atoms with Gasteiger partial charge in [0.2, 0.25) is 0 Å². The molecule has 2 N–H and O–H groups in total. The molecule has 174 valence electrons. The van der Waals surface area contributed by atoms with E-state index in [9.17, 15) is 13.6 Å². The number of rotatable bonds is 6. The number of para-hydroxylation sites is 1. The Balaban J connectivity index is 1.77. The molecule has 2 atom stereocenters. The average molecular weight is 536 g/mol. The second-order valence-corrected chi connectivity index (χ2v) is 9.36. The lowest BCUT2D eigenvalue weighted by Gasteiger charge is -2.24. The van der Waals surface area contributed by atoms with E-state index in [0.29, 0.717) is 26.6 Å². The molecule has 7 nitrogen and oxygen atoms in total. The number of benzene rings is 3. The Kier molecular flexibility index (Phi) is 7.35. The summed E-state index contributed by atoms with van der Waals surface area (Å²) in [6.07, 6.45) is 3.00. The predicted octanol–water partition coefficient (Wildman–Crippen LogP) is 6.36. The number of fused-ring (bicyclic) bond motifs is 1. The van der Waals surface area contributed by atoms with E-state index in [0.717, 1.165) is 4.31 Å². The van der Waals surface area contributed by atoms with Crippen molar-refractivity contribution in [2.75, 3.05) is 4.31 Å². The van der Waals surface area contributed by atoms with Crippen LogP contribution in [0.5, 0.6) is 0 Å². The first-order valence-electron chi connectivity index (χ1n) is 9.92. The normalized spacial score (nSPS) is 12.9. The molecule has 0 aliphatic carbocycles. The van der Waals surface area contributed by atoms with Crippen LogP contribution in [-0.2, 0) is 11.3 Å². The van der Waals surface area contributed by atoms with E-state index in [2.05, 4.69) is 15.3 Å². The van der Waals surface area contributed by atoms with Crippen molar-refractivity contribution < 1.29 is 13.6 Å². The molecular formula is C23H17Cl3N4O3S. The van der Waals surface area contributed by atoms with Crippen molar-refractivity contribution in [3.05, 3.63) is 93.2 Å². The van der Waals surface area contributed by atoms with Crippen LogP contribution in [0.15, 0.2) is 67.0 Å². The first kappa shape index (κ1) is 24.4. The van der Waals surface area contributed by atoms with Gasteiger partial charge in [-0.1, -0.05) is 46.9 Å². The Morgan fingerprint density at radius 3 is 2.44 bits per heavy atom.